The maximum atomic E-state index is 5.70. The van der Waals surface area contributed by atoms with E-state index in [4.69, 9.17) is 4.74 Å². The quantitative estimate of drug-likeness (QED) is 0.787. The number of hydrogen-bond donors (Lipinski definition) is 1. The van der Waals surface area contributed by atoms with Gasteiger partial charge in [0.2, 0.25) is 0 Å². The molecule has 0 aromatic carbocycles. The van der Waals surface area contributed by atoms with Gasteiger partial charge in [-0.25, -0.2) is 0 Å². The van der Waals surface area contributed by atoms with Gasteiger partial charge >= 0.3 is 0 Å². The van der Waals surface area contributed by atoms with Crippen molar-refractivity contribution in [1.29, 1.82) is 0 Å². The van der Waals surface area contributed by atoms with Crippen molar-refractivity contribution >= 4 is 0 Å². The predicted molar refractivity (Wildman–Crippen MR) is 67.8 cm³/mol. The van der Waals surface area contributed by atoms with Gasteiger partial charge in [0.1, 0.15) is 0 Å². The number of aromatic nitrogens is 2. The van der Waals surface area contributed by atoms with Crippen LogP contribution in [0.15, 0.2) is 12.4 Å². The number of rotatable bonds is 7. The van der Waals surface area contributed by atoms with Crippen LogP contribution in [-0.4, -0.2) is 29.5 Å². The van der Waals surface area contributed by atoms with Crippen LogP contribution in [0.2, 0.25) is 0 Å². The Morgan fingerprint density at radius 1 is 1.59 bits per heavy atom. The number of aryl methyl sites for hydroxylation is 1. The third kappa shape index (κ3) is 3.07. The number of methoxy groups -OCH3 is 1. The molecule has 17 heavy (non-hydrogen) atoms. The minimum absolute atomic E-state index is 0.279. The fourth-order valence-electron chi connectivity index (χ4n) is 2.35. The number of ether oxygens (including phenoxy) is 1. The molecule has 0 aliphatic heterocycles. The van der Waals surface area contributed by atoms with Gasteiger partial charge < -0.3 is 10.1 Å². The van der Waals surface area contributed by atoms with E-state index in [0.29, 0.717) is 0 Å². The van der Waals surface area contributed by atoms with Gasteiger partial charge in [-0.1, -0.05) is 6.92 Å². The van der Waals surface area contributed by atoms with Crippen LogP contribution in [0.1, 0.15) is 37.8 Å². The zero-order valence-corrected chi connectivity index (χ0v) is 11.0. The molecule has 1 N–H and O–H groups in total. The normalized spacial score (nSPS) is 19.2. The Hall–Kier alpha value is -0.870. The summed E-state index contributed by atoms with van der Waals surface area (Å²) in [4.78, 5) is 0. The molecule has 0 amide bonds. The van der Waals surface area contributed by atoms with Gasteiger partial charge in [0.25, 0.3) is 0 Å². The lowest BCUT2D eigenvalue weighted by atomic mass is 10.0. The third-order valence-electron chi connectivity index (χ3n) is 3.39. The van der Waals surface area contributed by atoms with E-state index in [0.717, 1.165) is 18.9 Å². The maximum absolute atomic E-state index is 5.70. The van der Waals surface area contributed by atoms with Gasteiger partial charge in [-0.05, 0) is 31.7 Å². The first-order valence-electron chi connectivity index (χ1n) is 6.51. The minimum atomic E-state index is 0.279. The Morgan fingerprint density at radius 3 is 2.82 bits per heavy atom. The predicted octanol–water partition coefficient (Wildman–Crippen LogP) is 1.89. The molecule has 0 saturated heterocycles. The van der Waals surface area contributed by atoms with Crippen LogP contribution in [0.4, 0.5) is 0 Å². The highest BCUT2D eigenvalue weighted by Crippen LogP contribution is 2.39. The lowest BCUT2D eigenvalue weighted by Gasteiger charge is -2.26. The van der Waals surface area contributed by atoms with Crippen LogP contribution in [0, 0.1) is 5.92 Å². The van der Waals surface area contributed by atoms with Crippen molar-refractivity contribution in [3.05, 3.63) is 18.0 Å². The van der Waals surface area contributed by atoms with E-state index in [1.807, 2.05) is 25.0 Å². The second kappa shape index (κ2) is 5.65. The van der Waals surface area contributed by atoms with Crippen LogP contribution in [0.25, 0.3) is 0 Å². The summed E-state index contributed by atoms with van der Waals surface area (Å²) >= 11 is 0. The van der Waals surface area contributed by atoms with Crippen molar-refractivity contribution in [2.24, 2.45) is 13.0 Å². The van der Waals surface area contributed by atoms with Crippen molar-refractivity contribution in [3.63, 3.8) is 0 Å². The Balaban J connectivity index is 2.11. The Morgan fingerprint density at radius 2 is 2.35 bits per heavy atom. The average Bonchev–Trinajstić information content (AvgIpc) is 3.07. The van der Waals surface area contributed by atoms with Crippen molar-refractivity contribution in [1.82, 2.24) is 15.1 Å². The first-order chi connectivity index (χ1) is 8.26. The molecule has 0 radical (unpaired) electrons. The van der Waals surface area contributed by atoms with Crippen molar-refractivity contribution in [2.45, 2.75) is 38.3 Å². The highest BCUT2D eigenvalue weighted by atomic mass is 16.5. The topological polar surface area (TPSA) is 39.1 Å². The molecule has 0 spiro atoms. The number of nitrogens with zero attached hydrogens (tertiary/aromatic N) is 2. The molecule has 1 aromatic rings. The molecule has 2 rings (SSSR count). The fraction of sp³-hybridized carbons (Fsp3) is 0.769. The summed E-state index contributed by atoms with van der Waals surface area (Å²) in [6.07, 6.45) is 8.04. The van der Waals surface area contributed by atoms with Gasteiger partial charge in [-0.3, -0.25) is 4.68 Å². The fourth-order valence-corrected chi connectivity index (χ4v) is 2.35. The zero-order chi connectivity index (χ0) is 12.3. The number of hydrogen-bond acceptors (Lipinski definition) is 3. The Kier molecular flexibility index (Phi) is 4.18. The molecular weight excluding hydrogens is 214 g/mol. The van der Waals surface area contributed by atoms with Crippen LogP contribution in [0.5, 0.6) is 0 Å². The van der Waals surface area contributed by atoms with E-state index in [9.17, 15) is 0 Å². The van der Waals surface area contributed by atoms with E-state index in [-0.39, 0.29) is 12.1 Å². The number of nitrogens with one attached hydrogen (secondary N) is 1. The molecule has 1 saturated carbocycles. The summed E-state index contributed by atoms with van der Waals surface area (Å²) in [5.41, 5.74) is 1.24. The monoisotopic (exact) mass is 237 g/mol. The molecule has 2 unspecified atom stereocenters. The second-order valence-corrected chi connectivity index (χ2v) is 4.92. The average molecular weight is 237 g/mol. The molecule has 4 nitrogen and oxygen atoms in total. The van der Waals surface area contributed by atoms with Gasteiger partial charge in [0.15, 0.2) is 0 Å². The van der Waals surface area contributed by atoms with Crippen molar-refractivity contribution < 1.29 is 4.74 Å². The Bertz CT molecular complexity index is 346. The van der Waals surface area contributed by atoms with Crippen LogP contribution < -0.4 is 5.32 Å². The highest BCUT2D eigenvalue weighted by molar-refractivity contribution is 5.14. The summed E-state index contributed by atoms with van der Waals surface area (Å²) in [5, 5.41) is 7.86. The molecule has 1 heterocycles. The van der Waals surface area contributed by atoms with E-state index in [2.05, 4.69) is 23.5 Å². The van der Waals surface area contributed by atoms with Gasteiger partial charge in [0.05, 0.1) is 18.3 Å². The molecule has 4 heteroatoms. The SMILES string of the molecule is CCCNC(c1cnn(C)c1)C(OC)C1CC1. The summed E-state index contributed by atoms with van der Waals surface area (Å²) in [6, 6.07) is 0.279. The minimum Gasteiger partial charge on any atom is -0.379 e. The van der Waals surface area contributed by atoms with Gasteiger partial charge in [-0.2, -0.15) is 5.10 Å². The van der Waals surface area contributed by atoms with E-state index in [1.165, 1.54) is 18.4 Å². The first kappa shape index (κ1) is 12.6. The molecular formula is C13H23N3O. The van der Waals surface area contributed by atoms with Crippen molar-refractivity contribution in [3.8, 4) is 0 Å². The second-order valence-electron chi connectivity index (χ2n) is 4.92. The van der Waals surface area contributed by atoms with E-state index < -0.39 is 0 Å². The van der Waals surface area contributed by atoms with Crippen LogP contribution >= 0.6 is 0 Å². The Labute approximate surface area is 103 Å². The summed E-state index contributed by atoms with van der Waals surface area (Å²) in [6.45, 7) is 3.21. The lowest BCUT2D eigenvalue weighted by molar-refractivity contribution is 0.0507. The first-order valence-corrected chi connectivity index (χ1v) is 6.51. The van der Waals surface area contributed by atoms with Gasteiger partial charge in [0, 0.05) is 25.9 Å². The zero-order valence-electron chi connectivity index (χ0n) is 11.0. The molecule has 96 valence electrons. The van der Waals surface area contributed by atoms with E-state index in [1.54, 1.807) is 0 Å². The smallest absolute Gasteiger partial charge is 0.0795 e. The molecule has 1 aromatic heterocycles. The summed E-state index contributed by atoms with van der Waals surface area (Å²) in [5.74, 6) is 0.717. The molecule has 2 atom stereocenters. The van der Waals surface area contributed by atoms with Gasteiger partial charge in [-0.15, -0.1) is 0 Å². The molecule has 1 fully saturated rings. The standard InChI is InChI=1S/C13H23N3O/c1-4-7-14-12(11-8-15-16(2)9-11)13(17-3)10-5-6-10/h8-10,12-14H,4-7H2,1-3H3. The lowest BCUT2D eigenvalue weighted by Crippen LogP contribution is -2.35. The summed E-state index contributed by atoms with van der Waals surface area (Å²) in [7, 11) is 3.78. The van der Waals surface area contributed by atoms with E-state index >= 15 is 0 Å². The molecule has 1 aliphatic carbocycles. The largest absolute Gasteiger partial charge is 0.379 e. The molecule has 0 bridgehead atoms. The van der Waals surface area contributed by atoms with Crippen LogP contribution in [-0.2, 0) is 11.8 Å². The summed E-state index contributed by atoms with van der Waals surface area (Å²) < 4.78 is 7.55. The maximum Gasteiger partial charge on any atom is 0.0795 e. The highest BCUT2D eigenvalue weighted by Gasteiger charge is 2.37. The molecule has 1 aliphatic rings. The van der Waals surface area contributed by atoms with Crippen LogP contribution in [0.3, 0.4) is 0 Å². The third-order valence-corrected chi connectivity index (χ3v) is 3.39. The van der Waals surface area contributed by atoms with Crippen molar-refractivity contribution in [2.75, 3.05) is 13.7 Å².